The minimum absolute atomic E-state index is 0.159. The monoisotopic (exact) mass is 286 g/mol. The van der Waals surface area contributed by atoms with Crippen LogP contribution in [0, 0.1) is 6.92 Å². The van der Waals surface area contributed by atoms with Crippen molar-refractivity contribution >= 4 is 17.5 Å². The molecular weight excluding hydrogens is 264 g/mol. The van der Waals surface area contributed by atoms with Gasteiger partial charge in [-0.05, 0) is 26.0 Å². The highest BCUT2D eigenvalue weighted by molar-refractivity contribution is 5.60. The number of aryl methyl sites for hydroxylation is 1. The molecule has 1 heterocycles. The van der Waals surface area contributed by atoms with Gasteiger partial charge in [-0.3, -0.25) is 0 Å². The Kier molecular flexibility index (Phi) is 5.11. The summed E-state index contributed by atoms with van der Waals surface area (Å²) in [5, 5.41) is 3.26. The van der Waals surface area contributed by atoms with Gasteiger partial charge in [-0.15, -0.1) is 0 Å². The molecule has 1 aromatic carbocycles. The number of methoxy groups -OCH3 is 1. The summed E-state index contributed by atoms with van der Waals surface area (Å²) in [5.74, 6) is 1.48. The fourth-order valence-corrected chi connectivity index (χ4v) is 2.08. The van der Waals surface area contributed by atoms with Gasteiger partial charge in [-0.25, -0.2) is 4.98 Å². The second kappa shape index (κ2) is 7.04. The van der Waals surface area contributed by atoms with E-state index < -0.39 is 0 Å². The van der Waals surface area contributed by atoms with Gasteiger partial charge in [0.2, 0.25) is 5.95 Å². The number of nitrogens with zero attached hydrogens (tertiary/aromatic N) is 3. The Labute approximate surface area is 126 Å². The lowest BCUT2D eigenvalue weighted by Crippen LogP contribution is -2.23. The SMILES string of the molecule is COCC(C)Nc1nc(C)cc(N(C)c2ccccc2)n1. The van der Waals surface area contributed by atoms with Crippen LogP contribution in [0.2, 0.25) is 0 Å². The predicted molar refractivity (Wildman–Crippen MR) is 86.2 cm³/mol. The molecule has 1 N–H and O–H groups in total. The number of aromatic nitrogens is 2. The van der Waals surface area contributed by atoms with Crippen molar-refractivity contribution in [2.24, 2.45) is 0 Å². The summed E-state index contributed by atoms with van der Waals surface area (Å²) in [7, 11) is 3.68. The molecule has 0 amide bonds. The van der Waals surface area contributed by atoms with Crippen LogP contribution in [0.15, 0.2) is 36.4 Å². The van der Waals surface area contributed by atoms with E-state index in [4.69, 9.17) is 4.74 Å². The number of ether oxygens (including phenoxy) is 1. The van der Waals surface area contributed by atoms with Crippen LogP contribution in [0.25, 0.3) is 0 Å². The second-order valence-corrected chi connectivity index (χ2v) is 5.09. The van der Waals surface area contributed by atoms with Crippen molar-refractivity contribution in [2.45, 2.75) is 19.9 Å². The predicted octanol–water partition coefficient (Wildman–Crippen LogP) is 3.00. The number of anilines is 3. The van der Waals surface area contributed by atoms with Gasteiger partial charge in [0.15, 0.2) is 0 Å². The van der Waals surface area contributed by atoms with Crippen LogP contribution in [0.3, 0.4) is 0 Å². The lowest BCUT2D eigenvalue weighted by atomic mass is 10.3. The Bertz CT molecular complexity index is 574. The first-order chi connectivity index (χ1) is 10.1. The van der Waals surface area contributed by atoms with Crippen LogP contribution >= 0.6 is 0 Å². The van der Waals surface area contributed by atoms with E-state index in [1.165, 1.54) is 0 Å². The van der Waals surface area contributed by atoms with Crippen molar-refractivity contribution < 1.29 is 4.74 Å². The molecule has 0 aliphatic rings. The number of benzene rings is 1. The minimum atomic E-state index is 0.159. The zero-order valence-corrected chi connectivity index (χ0v) is 13.0. The third-order valence-electron chi connectivity index (χ3n) is 3.12. The van der Waals surface area contributed by atoms with Crippen LogP contribution in [0.5, 0.6) is 0 Å². The summed E-state index contributed by atoms with van der Waals surface area (Å²) in [4.78, 5) is 11.1. The number of para-hydroxylation sites is 1. The first kappa shape index (κ1) is 15.3. The van der Waals surface area contributed by atoms with Gasteiger partial charge in [-0.1, -0.05) is 18.2 Å². The van der Waals surface area contributed by atoms with Crippen molar-refractivity contribution in [3.8, 4) is 0 Å². The lowest BCUT2D eigenvalue weighted by molar-refractivity contribution is 0.190. The van der Waals surface area contributed by atoms with Crippen LogP contribution in [-0.4, -0.2) is 36.8 Å². The van der Waals surface area contributed by atoms with E-state index in [1.807, 2.05) is 50.1 Å². The fraction of sp³-hybridized carbons (Fsp3) is 0.375. The van der Waals surface area contributed by atoms with Crippen molar-refractivity contribution in [1.29, 1.82) is 0 Å². The molecule has 0 aliphatic carbocycles. The topological polar surface area (TPSA) is 50.3 Å². The van der Waals surface area contributed by atoms with Gasteiger partial charge in [0.05, 0.1) is 6.61 Å². The molecule has 0 aliphatic heterocycles. The summed E-state index contributed by atoms with van der Waals surface area (Å²) in [6.45, 7) is 4.62. The zero-order chi connectivity index (χ0) is 15.2. The number of rotatable bonds is 6. The smallest absolute Gasteiger partial charge is 0.225 e. The summed E-state index contributed by atoms with van der Waals surface area (Å²) >= 11 is 0. The molecule has 1 atom stereocenters. The van der Waals surface area contributed by atoms with Gasteiger partial charge in [0.25, 0.3) is 0 Å². The fourth-order valence-electron chi connectivity index (χ4n) is 2.08. The highest BCUT2D eigenvalue weighted by Crippen LogP contribution is 2.22. The normalized spacial score (nSPS) is 12.0. The van der Waals surface area contributed by atoms with E-state index in [9.17, 15) is 0 Å². The van der Waals surface area contributed by atoms with Crippen LogP contribution in [0.1, 0.15) is 12.6 Å². The van der Waals surface area contributed by atoms with Gasteiger partial charge < -0.3 is 15.0 Å². The molecule has 0 spiro atoms. The average molecular weight is 286 g/mol. The molecule has 2 rings (SSSR count). The van der Waals surface area contributed by atoms with Crippen LogP contribution in [-0.2, 0) is 4.74 Å². The molecule has 5 heteroatoms. The van der Waals surface area contributed by atoms with Crippen molar-refractivity contribution in [2.75, 3.05) is 31.0 Å². The third-order valence-corrected chi connectivity index (χ3v) is 3.12. The first-order valence-corrected chi connectivity index (χ1v) is 7.00. The molecule has 1 unspecified atom stereocenters. The highest BCUT2D eigenvalue weighted by atomic mass is 16.5. The van der Waals surface area contributed by atoms with E-state index in [0.717, 1.165) is 17.2 Å². The highest BCUT2D eigenvalue weighted by Gasteiger charge is 2.10. The van der Waals surface area contributed by atoms with E-state index in [-0.39, 0.29) is 6.04 Å². The van der Waals surface area contributed by atoms with E-state index in [1.54, 1.807) is 7.11 Å². The molecule has 112 valence electrons. The quantitative estimate of drug-likeness (QED) is 0.884. The molecule has 21 heavy (non-hydrogen) atoms. The number of hydrogen-bond donors (Lipinski definition) is 1. The summed E-state index contributed by atoms with van der Waals surface area (Å²) in [6, 6.07) is 12.3. The molecular formula is C16H22N4O. The van der Waals surface area contributed by atoms with Gasteiger partial charge in [0.1, 0.15) is 5.82 Å². The Morgan fingerprint density at radius 1 is 1.24 bits per heavy atom. The summed E-state index contributed by atoms with van der Waals surface area (Å²) < 4.78 is 5.12. The zero-order valence-electron chi connectivity index (χ0n) is 13.0. The van der Waals surface area contributed by atoms with Crippen molar-refractivity contribution in [1.82, 2.24) is 9.97 Å². The molecule has 1 aromatic heterocycles. The average Bonchev–Trinajstić information content (AvgIpc) is 2.47. The third kappa shape index (κ3) is 4.16. The molecule has 0 saturated heterocycles. The molecule has 0 saturated carbocycles. The lowest BCUT2D eigenvalue weighted by Gasteiger charge is -2.20. The molecule has 0 radical (unpaired) electrons. The van der Waals surface area contributed by atoms with Gasteiger partial charge in [0, 0.05) is 37.6 Å². The second-order valence-electron chi connectivity index (χ2n) is 5.09. The first-order valence-electron chi connectivity index (χ1n) is 7.00. The van der Waals surface area contributed by atoms with Crippen LogP contribution in [0.4, 0.5) is 17.5 Å². The summed E-state index contributed by atoms with van der Waals surface area (Å²) in [6.07, 6.45) is 0. The molecule has 0 bridgehead atoms. The Morgan fingerprint density at radius 2 is 1.95 bits per heavy atom. The van der Waals surface area contributed by atoms with E-state index in [2.05, 4.69) is 27.4 Å². The standard InChI is InChI=1S/C16H22N4O/c1-12-10-15(20(3)14-8-6-5-7-9-14)19-16(17-12)18-13(2)11-21-4/h5-10,13H,11H2,1-4H3,(H,17,18,19). The van der Waals surface area contributed by atoms with E-state index >= 15 is 0 Å². The maximum Gasteiger partial charge on any atom is 0.225 e. The molecule has 5 nitrogen and oxygen atoms in total. The summed E-state index contributed by atoms with van der Waals surface area (Å²) in [5.41, 5.74) is 2.02. The Morgan fingerprint density at radius 3 is 2.62 bits per heavy atom. The minimum Gasteiger partial charge on any atom is -0.383 e. The molecule has 0 fully saturated rings. The van der Waals surface area contributed by atoms with Crippen molar-refractivity contribution in [3.63, 3.8) is 0 Å². The van der Waals surface area contributed by atoms with E-state index in [0.29, 0.717) is 12.6 Å². The molecule has 2 aromatic rings. The maximum absolute atomic E-state index is 5.12. The largest absolute Gasteiger partial charge is 0.383 e. The van der Waals surface area contributed by atoms with Crippen LogP contribution < -0.4 is 10.2 Å². The van der Waals surface area contributed by atoms with Gasteiger partial charge >= 0.3 is 0 Å². The maximum atomic E-state index is 5.12. The number of hydrogen-bond acceptors (Lipinski definition) is 5. The Hall–Kier alpha value is -2.14. The van der Waals surface area contributed by atoms with Crippen molar-refractivity contribution in [3.05, 3.63) is 42.1 Å². The Balaban J connectivity index is 2.22. The van der Waals surface area contributed by atoms with Gasteiger partial charge in [-0.2, -0.15) is 4.98 Å². The number of nitrogens with one attached hydrogen (secondary N) is 1.